The third kappa shape index (κ3) is 4.15. The minimum atomic E-state index is -0.620. The van der Waals surface area contributed by atoms with Crippen molar-refractivity contribution in [2.45, 2.75) is 0 Å². The summed E-state index contributed by atoms with van der Waals surface area (Å²) in [6, 6.07) is 3.95. The average molecular weight is 407 g/mol. The minimum absolute atomic E-state index is 0.0681. The Morgan fingerprint density at radius 2 is 2.07 bits per heavy atom. The second-order valence-electron chi connectivity index (χ2n) is 5.94. The Balaban J connectivity index is 1.80. The maximum absolute atomic E-state index is 12.6. The van der Waals surface area contributed by atoms with Gasteiger partial charge >= 0.3 is 0 Å². The molecule has 28 heavy (non-hydrogen) atoms. The summed E-state index contributed by atoms with van der Waals surface area (Å²) in [6.07, 6.45) is 1.36. The van der Waals surface area contributed by atoms with E-state index in [0.29, 0.717) is 49.4 Å². The highest BCUT2D eigenvalue weighted by Gasteiger charge is 2.37. The van der Waals surface area contributed by atoms with Crippen molar-refractivity contribution in [3.8, 4) is 5.75 Å². The molecule has 0 bridgehead atoms. The van der Waals surface area contributed by atoms with E-state index in [1.165, 1.54) is 31.4 Å². The quantitative estimate of drug-likeness (QED) is 0.409. The lowest BCUT2D eigenvalue weighted by molar-refractivity contribution is -0.384. The molecular formula is C17H17N3O7S. The largest absolute Gasteiger partial charge is 0.496 e. The van der Waals surface area contributed by atoms with Gasteiger partial charge in [0.1, 0.15) is 12.3 Å². The van der Waals surface area contributed by atoms with Crippen LogP contribution in [-0.4, -0.2) is 71.7 Å². The molecule has 0 unspecified atom stereocenters. The number of hydrogen-bond donors (Lipinski definition) is 0. The maximum Gasteiger partial charge on any atom is 0.294 e. The molecule has 3 amide bonds. The SMILES string of the molecule is COc1ccc([N+](=O)[O-])cc1/C=C1\SC(=O)N(CC(=O)N2CCOCC2)C1=O. The molecular weight excluding hydrogens is 390 g/mol. The number of methoxy groups -OCH3 is 1. The molecule has 0 radical (unpaired) electrons. The highest BCUT2D eigenvalue weighted by molar-refractivity contribution is 8.18. The normalized spacial score (nSPS) is 18.7. The van der Waals surface area contributed by atoms with Gasteiger partial charge < -0.3 is 14.4 Å². The van der Waals surface area contributed by atoms with Crippen molar-refractivity contribution in [1.82, 2.24) is 9.80 Å². The molecule has 2 aliphatic heterocycles. The fourth-order valence-corrected chi connectivity index (χ4v) is 3.60. The van der Waals surface area contributed by atoms with E-state index in [1.807, 2.05) is 0 Å². The Labute approximate surface area is 164 Å². The molecule has 148 valence electrons. The smallest absolute Gasteiger partial charge is 0.294 e. The second kappa shape index (κ2) is 8.40. The van der Waals surface area contributed by atoms with Gasteiger partial charge in [0.2, 0.25) is 5.91 Å². The average Bonchev–Trinajstić information content (AvgIpc) is 2.95. The number of nitrogens with zero attached hydrogens (tertiary/aromatic N) is 3. The van der Waals surface area contributed by atoms with Crippen LogP contribution in [-0.2, 0) is 14.3 Å². The lowest BCUT2D eigenvalue weighted by Crippen LogP contribution is -2.46. The fourth-order valence-electron chi connectivity index (χ4n) is 2.77. The monoisotopic (exact) mass is 407 g/mol. The Morgan fingerprint density at radius 1 is 1.36 bits per heavy atom. The number of rotatable bonds is 5. The zero-order chi connectivity index (χ0) is 20.3. The van der Waals surface area contributed by atoms with Gasteiger partial charge in [-0.25, -0.2) is 0 Å². The Hall–Kier alpha value is -2.92. The number of imide groups is 1. The van der Waals surface area contributed by atoms with Gasteiger partial charge in [0.25, 0.3) is 16.8 Å². The summed E-state index contributed by atoms with van der Waals surface area (Å²) in [4.78, 5) is 50.1. The number of amides is 3. The topological polar surface area (TPSA) is 119 Å². The lowest BCUT2D eigenvalue weighted by Gasteiger charge is -2.28. The van der Waals surface area contributed by atoms with Crippen LogP contribution >= 0.6 is 11.8 Å². The van der Waals surface area contributed by atoms with Gasteiger partial charge in [-0.2, -0.15) is 0 Å². The first-order valence-corrected chi connectivity index (χ1v) is 9.15. The first-order valence-electron chi connectivity index (χ1n) is 8.34. The number of hydrogen-bond acceptors (Lipinski definition) is 8. The van der Waals surface area contributed by atoms with Crippen molar-refractivity contribution in [2.24, 2.45) is 0 Å². The van der Waals surface area contributed by atoms with Gasteiger partial charge in [-0.05, 0) is 23.9 Å². The van der Waals surface area contributed by atoms with Crippen LogP contribution < -0.4 is 4.74 Å². The predicted molar refractivity (Wildman–Crippen MR) is 99.7 cm³/mol. The molecule has 0 spiro atoms. The molecule has 1 aromatic carbocycles. The number of morpholine rings is 1. The summed E-state index contributed by atoms with van der Waals surface area (Å²) in [5.41, 5.74) is 0.121. The Bertz CT molecular complexity index is 864. The van der Waals surface area contributed by atoms with Crippen LogP contribution in [0.3, 0.4) is 0 Å². The highest BCUT2D eigenvalue weighted by atomic mass is 32.2. The van der Waals surface area contributed by atoms with Crippen LogP contribution in [0.5, 0.6) is 5.75 Å². The number of non-ortho nitro benzene ring substituents is 1. The molecule has 2 heterocycles. The van der Waals surface area contributed by atoms with Gasteiger partial charge in [0.15, 0.2) is 0 Å². The van der Waals surface area contributed by atoms with Crippen LogP contribution in [0.15, 0.2) is 23.1 Å². The van der Waals surface area contributed by atoms with E-state index >= 15 is 0 Å². The van der Waals surface area contributed by atoms with Crippen molar-refractivity contribution in [3.05, 3.63) is 38.8 Å². The van der Waals surface area contributed by atoms with Crippen LogP contribution in [0.4, 0.5) is 10.5 Å². The molecule has 0 saturated carbocycles. The van der Waals surface area contributed by atoms with E-state index in [9.17, 15) is 24.5 Å². The van der Waals surface area contributed by atoms with E-state index < -0.39 is 16.1 Å². The predicted octanol–water partition coefficient (Wildman–Crippen LogP) is 1.50. The van der Waals surface area contributed by atoms with Crippen molar-refractivity contribution in [3.63, 3.8) is 0 Å². The lowest BCUT2D eigenvalue weighted by atomic mass is 10.1. The van der Waals surface area contributed by atoms with Gasteiger partial charge in [0.05, 0.1) is 30.2 Å². The summed E-state index contributed by atoms with van der Waals surface area (Å²) in [5.74, 6) is -0.633. The molecule has 1 aromatic rings. The van der Waals surface area contributed by atoms with Crippen LogP contribution in [0.25, 0.3) is 6.08 Å². The van der Waals surface area contributed by atoms with Gasteiger partial charge in [-0.3, -0.25) is 29.4 Å². The summed E-state index contributed by atoms with van der Waals surface area (Å²) in [7, 11) is 1.39. The van der Waals surface area contributed by atoms with Crippen LogP contribution in [0, 0.1) is 10.1 Å². The molecule has 0 aromatic heterocycles. The molecule has 0 atom stereocenters. The molecule has 2 fully saturated rings. The summed E-state index contributed by atoms with van der Waals surface area (Å²) >= 11 is 0.676. The van der Waals surface area contributed by atoms with Gasteiger partial charge in [0, 0.05) is 30.8 Å². The van der Waals surface area contributed by atoms with Crippen LogP contribution in [0.1, 0.15) is 5.56 Å². The third-order valence-corrected chi connectivity index (χ3v) is 5.15. The summed E-state index contributed by atoms with van der Waals surface area (Å²) in [5, 5.41) is 10.4. The fraction of sp³-hybridized carbons (Fsp3) is 0.353. The third-order valence-electron chi connectivity index (χ3n) is 4.24. The minimum Gasteiger partial charge on any atom is -0.496 e. The van der Waals surface area contributed by atoms with Crippen molar-refractivity contribution in [2.75, 3.05) is 40.0 Å². The van der Waals surface area contributed by atoms with Gasteiger partial charge in [-0.15, -0.1) is 0 Å². The van der Waals surface area contributed by atoms with E-state index in [2.05, 4.69) is 0 Å². The number of nitro groups is 1. The molecule has 0 aliphatic carbocycles. The number of benzene rings is 1. The van der Waals surface area contributed by atoms with Crippen LogP contribution in [0.2, 0.25) is 0 Å². The Kier molecular flexibility index (Phi) is 5.95. The summed E-state index contributed by atoms with van der Waals surface area (Å²) < 4.78 is 10.3. The maximum atomic E-state index is 12.6. The molecule has 2 saturated heterocycles. The summed E-state index contributed by atoms with van der Waals surface area (Å²) in [6.45, 7) is 1.31. The molecule has 0 N–H and O–H groups in total. The van der Waals surface area contributed by atoms with E-state index in [0.717, 1.165) is 4.90 Å². The zero-order valence-electron chi connectivity index (χ0n) is 15.0. The number of carbonyl (C=O) groups excluding carboxylic acids is 3. The number of nitro benzene ring substituents is 1. The number of carbonyl (C=O) groups is 3. The standard InChI is InChI=1S/C17H17N3O7S/c1-26-13-3-2-12(20(24)25)8-11(13)9-14-16(22)19(17(23)28-14)10-15(21)18-4-6-27-7-5-18/h2-3,8-9H,4-7,10H2,1H3/b14-9-. The van der Waals surface area contributed by atoms with E-state index in [-0.39, 0.29) is 23.0 Å². The van der Waals surface area contributed by atoms with Gasteiger partial charge in [-0.1, -0.05) is 0 Å². The van der Waals surface area contributed by atoms with E-state index in [1.54, 1.807) is 4.90 Å². The number of thioether (sulfide) groups is 1. The van der Waals surface area contributed by atoms with Crippen molar-refractivity contribution < 1.29 is 28.8 Å². The second-order valence-corrected chi connectivity index (χ2v) is 6.94. The Morgan fingerprint density at radius 3 is 2.71 bits per heavy atom. The molecule has 2 aliphatic rings. The highest BCUT2D eigenvalue weighted by Crippen LogP contribution is 2.35. The molecule has 10 nitrogen and oxygen atoms in total. The molecule has 11 heteroatoms. The molecule has 3 rings (SSSR count). The van der Waals surface area contributed by atoms with Crippen molar-refractivity contribution in [1.29, 1.82) is 0 Å². The zero-order valence-corrected chi connectivity index (χ0v) is 15.8. The first-order chi connectivity index (χ1) is 13.4. The first kappa shape index (κ1) is 19.8. The van der Waals surface area contributed by atoms with E-state index in [4.69, 9.17) is 9.47 Å². The van der Waals surface area contributed by atoms with Crippen molar-refractivity contribution >= 4 is 40.6 Å². The number of ether oxygens (including phenoxy) is 2.